The molecule has 0 aliphatic rings. The molecule has 3 heteroatoms. The Kier molecular flexibility index (Phi) is 4.72. The van der Waals surface area contributed by atoms with Gasteiger partial charge < -0.3 is 5.73 Å². The summed E-state index contributed by atoms with van der Waals surface area (Å²) in [5.74, 6) is 0.886. The molecule has 1 rings (SSSR count). The van der Waals surface area contributed by atoms with Gasteiger partial charge in [0, 0.05) is 21.2 Å². The van der Waals surface area contributed by atoms with Crippen molar-refractivity contribution in [1.82, 2.24) is 0 Å². The summed E-state index contributed by atoms with van der Waals surface area (Å²) >= 11 is 5.16. The minimum atomic E-state index is 0.0867. The van der Waals surface area contributed by atoms with E-state index in [2.05, 4.69) is 34.6 Å². The second-order valence-corrected chi connectivity index (χ2v) is 5.23. The molecule has 0 aromatic heterocycles. The van der Waals surface area contributed by atoms with Gasteiger partial charge >= 0.3 is 0 Å². The average Bonchev–Trinajstić information content (AvgIpc) is 2.16. The maximum absolute atomic E-state index is 5.86. The maximum atomic E-state index is 5.86. The smallest absolute Gasteiger partial charge is 0.0343 e. The SMILES string of the molecule is C=C(C)C(N)CSc1ccc(Br)cc1. The Morgan fingerprint density at radius 1 is 1.50 bits per heavy atom. The highest BCUT2D eigenvalue weighted by Crippen LogP contribution is 2.21. The molecule has 14 heavy (non-hydrogen) atoms. The Bertz CT molecular complexity index is 308. The van der Waals surface area contributed by atoms with Crippen molar-refractivity contribution in [3.63, 3.8) is 0 Å². The van der Waals surface area contributed by atoms with Crippen LogP contribution in [-0.2, 0) is 0 Å². The van der Waals surface area contributed by atoms with Crippen LogP contribution in [0.4, 0.5) is 0 Å². The topological polar surface area (TPSA) is 26.0 Å². The van der Waals surface area contributed by atoms with Gasteiger partial charge in [-0.2, -0.15) is 0 Å². The highest BCUT2D eigenvalue weighted by molar-refractivity contribution is 9.10. The van der Waals surface area contributed by atoms with Crippen LogP contribution in [0.5, 0.6) is 0 Å². The van der Waals surface area contributed by atoms with Gasteiger partial charge in [-0.05, 0) is 31.2 Å². The van der Waals surface area contributed by atoms with Crippen molar-refractivity contribution in [3.8, 4) is 0 Å². The fourth-order valence-corrected chi connectivity index (χ4v) is 2.11. The standard InChI is InChI=1S/C11H14BrNS/c1-8(2)11(13)7-14-10-5-3-9(12)4-6-10/h3-6,11H,1,7,13H2,2H3. The number of thioether (sulfide) groups is 1. The third kappa shape index (κ3) is 3.86. The summed E-state index contributed by atoms with van der Waals surface area (Å²) in [5, 5.41) is 0. The normalized spacial score (nSPS) is 12.5. The van der Waals surface area contributed by atoms with Crippen molar-refractivity contribution >= 4 is 27.7 Å². The summed E-state index contributed by atoms with van der Waals surface area (Å²) in [6, 6.07) is 8.33. The van der Waals surface area contributed by atoms with E-state index in [1.165, 1.54) is 4.90 Å². The second-order valence-electron chi connectivity index (χ2n) is 3.22. The van der Waals surface area contributed by atoms with Gasteiger partial charge in [0.2, 0.25) is 0 Å². The molecule has 0 aliphatic carbocycles. The van der Waals surface area contributed by atoms with E-state index in [0.717, 1.165) is 15.8 Å². The number of hydrogen-bond donors (Lipinski definition) is 1. The largest absolute Gasteiger partial charge is 0.324 e. The number of hydrogen-bond acceptors (Lipinski definition) is 2. The molecule has 0 heterocycles. The van der Waals surface area contributed by atoms with E-state index in [9.17, 15) is 0 Å². The Balaban J connectivity index is 2.46. The lowest BCUT2D eigenvalue weighted by atomic mass is 10.2. The molecule has 0 saturated carbocycles. The van der Waals surface area contributed by atoms with Gasteiger partial charge in [0.15, 0.2) is 0 Å². The van der Waals surface area contributed by atoms with Crippen molar-refractivity contribution in [1.29, 1.82) is 0 Å². The van der Waals surface area contributed by atoms with E-state index < -0.39 is 0 Å². The minimum Gasteiger partial charge on any atom is -0.324 e. The van der Waals surface area contributed by atoms with Gasteiger partial charge in [0.05, 0.1) is 0 Å². The highest BCUT2D eigenvalue weighted by atomic mass is 79.9. The molecule has 0 aliphatic heterocycles. The van der Waals surface area contributed by atoms with Gasteiger partial charge in [-0.3, -0.25) is 0 Å². The first-order chi connectivity index (χ1) is 6.59. The number of rotatable bonds is 4. The summed E-state index contributed by atoms with van der Waals surface area (Å²) in [5.41, 5.74) is 6.90. The summed E-state index contributed by atoms with van der Waals surface area (Å²) in [6.07, 6.45) is 0. The molecular formula is C11H14BrNS. The van der Waals surface area contributed by atoms with E-state index in [1.54, 1.807) is 11.8 Å². The van der Waals surface area contributed by atoms with Crippen LogP contribution in [0.1, 0.15) is 6.92 Å². The first-order valence-electron chi connectivity index (χ1n) is 4.39. The van der Waals surface area contributed by atoms with E-state index in [-0.39, 0.29) is 6.04 Å². The van der Waals surface area contributed by atoms with Crippen LogP contribution in [-0.4, -0.2) is 11.8 Å². The lowest BCUT2D eigenvalue weighted by Crippen LogP contribution is -2.23. The monoisotopic (exact) mass is 271 g/mol. The zero-order chi connectivity index (χ0) is 10.6. The summed E-state index contributed by atoms with van der Waals surface area (Å²) < 4.78 is 1.10. The number of nitrogens with two attached hydrogens (primary N) is 1. The van der Waals surface area contributed by atoms with E-state index in [0.29, 0.717) is 0 Å². The molecule has 0 spiro atoms. The quantitative estimate of drug-likeness (QED) is 0.671. The van der Waals surface area contributed by atoms with Gasteiger partial charge in [-0.25, -0.2) is 0 Å². The van der Waals surface area contributed by atoms with E-state index >= 15 is 0 Å². The van der Waals surface area contributed by atoms with Crippen molar-refractivity contribution < 1.29 is 0 Å². The fourth-order valence-electron chi connectivity index (χ4n) is 0.859. The Morgan fingerprint density at radius 3 is 2.57 bits per heavy atom. The molecular weight excluding hydrogens is 258 g/mol. The minimum absolute atomic E-state index is 0.0867. The van der Waals surface area contributed by atoms with Crippen molar-refractivity contribution in [2.45, 2.75) is 17.9 Å². The third-order valence-electron chi connectivity index (χ3n) is 1.88. The van der Waals surface area contributed by atoms with Crippen LogP contribution in [0.3, 0.4) is 0 Å². The number of halogens is 1. The second kappa shape index (κ2) is 5.59. The molecule has 0 radical (unpaired) electrons. The lowest BCUT2D eigenvalue weighted by Gasteiger charge is -2.10. The lowest BCUT2D eigenvalue weighted by molar-refractivity contribution is 0.878. The molecule has 1 nitrogen and oxygen atoms in total. The van der Waals surface area contributed by atoms with Gasteiger partial charge in [-0.1, -0.05) is 28.1 Å². The predicted molar refractivity (Wildman–Crippen MR) is 67.7 cm³/mol. The molecule has 0 amide bonds. The van der Waals surface area contributed by atoms with Gasteiger partial charge in [0.25, 0.3) is 0 Å². The van der Waals surface area contributed by atoms with Crippen LogP contribution in [0, 0.1) is 0 Å². The molecule has 1 aromatic carbocycles. The van der Waals surface area contributed by atoms with Gasteiger partial charge in [0.1, 0.15) is 0 Å². The zero-order valence-corrected chi connectivity index (χ0v) is 10.6. The predicted octanol–water partition coefficient (Wildman–Crippen LogP) is 3.44. The first kappa shape index (κ1) is 11.8. The Hall–Kier alpha value is -0.250. The Labute approximate surface area is 97.9 Å². The molecule has 0 bridgehead atoms. The third-order valence-corrected chi connectivity index (χ3v) is 3.54. The fraction of sp³-hybridized carbons (Fsp3) is 0.273. The Morgan fingerprint density at radius 2 is 2.07 bits per heavy atom. The summed E-state index contributed by atoms with van der Waals surface area (Å²) in [6.45, 7) is 5.80. The van der Waals surface area contributed by atoms with Crippen LogP contribution in [0.25, 0.3) is 0 Å². The number of benzene rings is 1. The van der Waals surface area contributed by atoms with E-state index in [4.69, 9.17) is 5.73 Å². The molecule has 0 fully saturated rings. The van der Waals surface area contributed by atoms with Crippen molar-refractivity contribution in [2.75, 3.05) is 5.75 Å². The summed E-state index contributed by atoms with van der Waals surface area (Å²) in [7, 11) is 0. The highest BCUT2D eigenvalue weighted by Gasteiger charge is 2.03. The van der Waals surface area contributed by atoms with Crippen molar-refractivity contribution in [2.24, 2.45) is 5.73 Å². The van der Waals surface area contributed by atoms with Crippen LogP contribution < -0.4 is 5.73 Å². The summed E-state index contributed by atoms with van der Waals surface area (Å²) in [4.78, 5) is 1.24. The van der Waals surface area contributed by atoms with E-state index in [1.807, 2.05) is 19.1 Å². The zero-order valence-electron chi connectivity index (χ0n) is 8.16. The molecule has 1 unspecified atom stereocenters. The van der Waals surface area contributed by atoms with Crippen molar-refractivity contribution in [3.05, 3.63) is 40.9 Å². The van der Waals surface area contributed by atoms with Crippen LogP contribution >= 0.6 is 27.7 Å². The molecule has 76 valence electrons. The van der Waals surface area contributed by atoms with Gasteiger partial charge in [-0.15, -0.1) is 11.8 Å². The first-order valence-corrected chi connectivity index (χ1v) is 6.17. The maximum Gasteiger partial charge on any atom is 0.0343 e. The molecule has 0 saturated heterocycles. The molecule has 2 N–H and O–H groups in total. The molecule has 1 aromatic rings. The van der Waals surface area contributed by atoms with Crippen LogP contribution in [0.2, 0.25) is 0 Å². The average molecular weight is 272 g/mol. The molecule has 1 atom stereocenters. The van der Waals surface area contributed by atoms with Crippen LogP contribution in [0.15, 0.2) is 45.8 Å².